The highest BCUT2D eigenvalue weighted by molar-refractivity contribution is 5.95. The van der Waals surface area contributed by atoms with E-state index in [-0.39, 0.29) is 10.8 Å². The van der Waals surface area contributed by atoms with E-state index >= 15 is 0 Å². The van der Waals surface area contributed by atoms with Crippen molar-refractivity contribution in [1.82, 2.24) is 0 Å². The van der Waals surface area contributed by atoms with E-state index < -0.39 is 0 Å². The molecule has 0 aromatic heterocycles. The molecule has 0 unspecified atom stereocenters. The van der Waals surface area contributed by atoms with E-state index in [0.29, 0.717) is 0 Å². The molecule has 0 radical (unpaired) electrons. The Balaban J connectivity index is 1.11. The van der Waals surface area contributed by atoms with E-state index in [9.17, 15) is 0 Å². The van der Waals surface area contributed by atoms with E-state index in [2.05, 4.69) is 233 Å². The Morgan fingerprint density at radius 2 is 0.831 bits per heavy atom. The third-order valence-electron chi connectivity index (χ3n) is 13.2. The van der Waals surface area contributed by atoms with Crippen LogP contribution < -0.4 is 4.90 Å². The van der Waals surface area contributed by atoms with Crippen LogP contribution in [0.4, 0.5) is 17.1 Å². The smallest absolute Gasteiger partial charge is 0.0546 e. The fourth-order valence-corrected chi connectivity index (χ4v) is 10.3. The lowest BCUT2D eigenvalue weighted by Crippen LogP contribution is -2.17. The molecular weight excluding hydrogens is 711 g/mol. The summed E-state index contributed by atoms with van der Waals surface area (Å²) < 4.78 is 0. The molecule has 0 saturated carbocycles. The van der Waals surface area contributed by atoms with E-state index in [1.807, 2.05) is 0 Å². The van der Waals surface area contributed by atoms with Crippen molar-refractivity contribution in [2.45, 2.75) is 38.5 Å². The molecule has 2 aliphatic carbocycles. The van der Waals surface area contributed by atoms with Crippen molar-refractivity contribution < 1.29 is 0 Å². The normalized spacial score (nSPS) is 14.0. The SMILES string of the molecule is CC1(C)c2ccccc2-c2ccc(N(c3ccc(-c4cccc5c4C(C)(C)c4ccccc4-5)cc3)c3cc(-c4ccc5ccccc5c4)ccc3-c3ccccc3)cc21. The molecule has 0 aliphatic heterocycles. The van der Waals surface area contributed by atoms with Gasteiger partial charge in [-0.05, 0) is 119 Å². The first-order valence-corrected chi connectivity index (χ1v) is 20.8. The van der Waals surface area contributed by atoms with Gasteiger partial charge in [-0.15, -0.1) is 0 Å². The first-order chi connectivity index (χ1) is 28.8. The molecule has 9 aromatic rings. The van der Waals surface area contributed by atoms with Crippen LogP contribution in [0.1, 0.15) is 49.9 Å². The number of hydrogen-bond acceptors (Lipinski definition) is 1. The largest absolute Gasteiger partial charge is 0.310 e. The Hall–Kier alpha value is -6.96. The molecule has 0 heterocycles. The molecule has 0 spiro atoms. The van der Waals surface area contributed by atoms with Crippen molar-refractivity contribution in [2.75, 3.05) is 4.90 Å². The van der Waals surface area contributed by atoms with Gasteiger partial charge in [-0.1, -0.05) is 191 Å². The minimum absolute atomic E-state index is 0.101. The number of rotatable bonds is 6. The van der Waals surface area contributed by atoms with Crippen molar-refractivity contribution in [3.05, 3.63) is 222 Å². The van der Waals surface area contributed by atoms with Crippen LogP contribution in [0.15, 0.2) is 200 Å². The molecule has 0 fully saturated rings. The lowest BCUT2D eigenvalue weighted by Gasteiger charge is -2.30. The lowest BCUT2D eigenvalue weighted by atomic mass is 9.79. The van der Waals surface area contributed by atoms with Crippen molar-refractivity contribution >= 4 is 27.8 Å². The summed E-state index contributed by atoms with van der Waals surface area (Å²) in [6, 6.07) is 74.4. The van der Waals surface area contributed by atoms with Gasteiger partial charge in [-0.25, -0.2) is 0 Å². The summed E-state index contributed by atoms with van der Waals surface area (Å²) >= 11 is 0. The van der Waals surface area contributed by atoms with Gasteiger partial charge in [-0.3, -0.25) is 0 Å². The second-order valence-electron chi connectivity index (χ2n) is 17.3. The van der Waals surface area contributed by atoms with E-state index in [1.165, 1.54) is 88.7 Å². The molecule has 0 saturated heterocycles. The van der Waals surface area contributed by atoms with Gasteiger partial charge in [0.15, 0.2) is 0 Å². The molecule has 2 aliphatic rings. The Morgan fingerprint density at radius 1 is 0.305 bits per heavy atom. The Labute approximate surface area is 347 Å². The van der Waals surface area contributed by atoms with Gasteiger partial charge in [-0.2, -0.15) is 0 Å². The first kappa shape index (κ1) is 35.2. The number of fused-ring (bicyclic) bond motifs is 7. The van der Waals surface area contributed by atoms with Crippen molar-refractivity contribution in [1.29, 1.82) is 0 Å². The molecule has 282 valence electrons. The fraction of sp³-hybridized carbons (Fsp3) is 0.103. The van der Waals surface area contributed by atoms with Gasteiger partial charge in [0.25, 0.3) is 0 Å². The van der Waals surface area contributed by atoms with Crippen LogP contribution >= 0.6 is 0 Å². The minimum atomic E-state index is -0.134. The van der Waals surface area contributed by atoms with Crippen LogP contribution in [0.2, 0.25) is 0 Å². The molecule has 1 heteroatoms. The maximum Gasteiger partial charge on any atom is 0.0546 e. The molecule has 59 heavy (non-hydrogen) atoms. The zero-order valence-electron chi connectivity index (χ0n) is 34.0. The second-order valence-corrected chi connectivity index (χ2v) is 17.3. The van der Waals surface area contributed by atoms with Gasteiger partial charge in [0.1, 0.15) is 0 Å². The molecule has 0 amide bonds. The second kappa shape index (κ2) is 13.3. The van der Waals surface area contributed by atoms with Crippen molar-refractivity contribution in [3.63, 3.8) is 0 Å². The topological polar surface area (TPSA) is 3.24 Å². The Kier molecular flexibility index (Phi) is 7.94. The standard InChI is InChI=1S/C58H45N/c1-57(2)52-23-12-10-19-48(52)50-34-32-45(37-54(50)57)59(44-30-27-40(28-31-44)47-21-14-22-51-49-20-11-13-24-53(49)58(3,4)56(47)51)55-36-43(29-33-46(55)39-16-6-5-7-17-39)42-26-25-38-15-8-9-18-41(38)35-42/h5-37H,1-4H3. The summed E-state index contributed by atoms with van der Waals surface area (Å²) in [7, 11) is 0. The maximum atomic E-state index is 2.49. The number of hydrogen-bond donors (Lipinski definition) is 0. The number of nitrogens with zero attached hydrogens (tertiary/aromatic N) is 1. The predicted octanol–water partition coefficient (Wildman–Crippen LogP) is 15.9. The van der Waals surface area contributed by atoms with Gasteiger partial charge in [0.05, 0.1) is 5.69 Å². The summed E-state index contributed by atoms with van der Waals surface area (Å²) in [4.78, 5) is 2.49. The van der Waals surface area contributed by atoms with Crippen LogP contribution in [0, 0.1) is 0 Å². The molecule has 11 rings (SSSR count). The van der Waals surface area contributed by atoms with E-state index in [4.69, 9.17) is 0 Å². The molecule has 0 bridgehead atoms. The predicted molar refractivity (Wildman–Crippen MR) is 250 cm³/mol. The summed E-state index contributed by atoms with van der Waals surface area (Å²) in [6.45, 7) is 9.49. The quantitative estimate of drug-likeness (QED) is 0.163. The highest BCUT2D eigenvalue weighted by atomic mass is 15.1. The van der Waals surface area contributed by atoms with Crippen LogP contribution in [0.25, 0.3) is 66.4 Å². The highest BCUT2D eigenvalue weighted by Gasteiger charge is 2.38. The molecule has 0 atom stereocenters. The summed E-state index contributed by atoms with van der Waals surface area (Å²) in [6.07, 6.45) is 0. The number of benzene rings is 9. The molecule has 1 nitrogen and oxygen atoms in total. The Morgan fingerprint density at radius 3 is 1.61 bits per heavy atom. The van der Waals surface area contributed by atoms with Gasteiger partial charge < -0.3 is 4.90 Å². The Bertz CT molecular complexity index is 3090. The molecule has 0 N–H and O–H groups in total. The monoisotopic (exact) mass is 755 g/mol. The van der Waals surface area contributed by atoms with Crippen LogP contribution in [-0.2, 0) is 10.8 Å². The third-order valence-corrected chi connectivity index (χ3v) is 13.2. The average Bonchev–Trinajstić information content (AvgIpc) is 3.66. The fourth-order valence-electron chi connectivity index (χ4n) is 10.3. The zero-order valence-corrected chi connectivity index (χ0v) is 34.0. The minimum Gasteiger partial charge on any atom is -0.310 e. The molecule has 9 aromatic carbocycles. The van der Waals surface area contributed by atoms with Gasteiger partial charge in [0.2, 0.25) is 0 Å². The summed E-state index contributed by atoms with van der Waals surface area (Å²) in [5, 5.41) is 2.49. The van der Waals surface area contributed by atoms with Crippen molar-refractivity contribution in [2.24, 2.45) is 0 Å². The van der Waals surface area contributed by atoms with Crippen LogP contribution in [-0.4, -0.2) is 0 Å². The van der Waals surface area contributed by atoms with Crippen LogP contribution in [0.5, 0.6) is 0 Å². The molecular formula is C58H45N. The summed E-state index contributed by atoms with van der Waals surface area (Å²) in [5.41, 5.74) is 21.3. The lowest BCUT2D eigenvalue weighted by molar-refractivity contribution is 0.660. The average molecular weight is 756 g/mol. The maximum absolute atomic E-state index is 2.49. The first-order valence-electron chi connectivity index (χ1n) is 20.8. The van der Waals surface area contributed by atoms with E-state index in [1.54, 1.807) is 0 Å². The number of anilines is 3. The highest BCUT2D eigenvalue weighted by Crippen LogP contribution is 2.54. The van der Waals surface area contributed by atoms with E-state index in [0.717, 1.165) is 17.1 Å². The van der Waals surface area contributed by atoms with Gasteiger partial charge >= 0.3 is 0 Å². The third kappa shape index (κ3) is 5.53. The summed E-state index contributed by atoms with van der Waals surface area (Å²) in [5.74, 6) is 0. The zero-order chi connectivity index (χ0) is 39.9. The van der Waals surface area contributed by atoms with Crippen LogP contribution in [0.3, 0.4) is 0 Å². The van der Waals surface area contributed by atoms with Crippen molar-refractivity contribution in [3.8, 4) is 55.6 Å². The van der Waals surface area contributed by atoms with Gasteiger partial charge in [0, 0.05) is 27.8 Å².